The number of nitrogens with zero attached hydrogens (tertiary/aromatic N) is 3. The average Bonchev–Trinajstić information content (AvgIpc) is 3.17. The zero-order valence-corrected chi connectivity index (χ0v) is 14.5. The van der Waals surface area contributed by atoms with Crippen LogP contribution in [-0.2, 0) is 6.54 Å². The van der Waals surface area contributed by atoms with Gasteiger partial charge in [-0.05, 0) is 62.5 Å². The first kappa shape index (κ1) is 16.2. The number of nitrogens with one attached hydrogen (secondary N) is 1. The summed E-state index contributed by atoms with van der Waals surface area (Å²) < 4.78 is 0. The largest absolute Gasteiger partial charge is 0.385 e. The van der Waals surface area contributed by atoms with Crippen molar-refractivity contribution in [2.75, 3.05) is 13.1 Å². The first-order valence-corrected chi connectivity index (χ1v) is 8.95. The van der Waals surface area contributed by atoms with Crippen molar-refractivity contribution in [1.82, 2.24) is 19.9 Å². The van der Waals surface area contributed by atoms with Crippen LogP contribution in [0, 0.1) is 12.8 Å². The predicted molar refractivity (Wildman–Crippen MR) is 98.0 cm³/mol. The van der Waals surface area contributed by atoms with Gasteiger partial charge in [-0.15, -0.1) is 0 Å². The lowest BCUT2D eigenvalue weighted by Crippen LogP contribution is -2.35. The summed E-state index contributed by atoms with van der Waals surface area (Å²) in [5.41, 5.74) is 3.43. The molecule has 1 aromatic carbocycles. The fraction of sp³-hybridized carbons (Fsp3) is 0.400. The average molecular weight is 336 g/mol. The summed E-state index contributed by atoms with van der Waals surface area (Å²) in [6.45, 7) is 4.99. The molecule has 1 fully saturated rings. The Hall–Kier alpha value is -2.24. The minimum Gasteiger partial charge on any atom is -0.385 e. The number of fused-ring (bicyclic) bond motifs is 1. The van der Waals surface area contributed by atoms with Crippen LogP contribution in [0.1, 0.15) is 36.0 Å². The SMILES string of the molecule is Cc1ccc2cc(CN3CCC(C(O)c4ncc[nH]4)CC3)ccc2n1. The summed E-state index contributed by atoms with van der Waals surface area (Å²) in [6, 6.07) is 10.7. The zero-order valence-electron chi connectivity index (χ0n) is 14.5. The molecule has 1 atom stereocenters. The molecule has 0 radical (unpaired) electrons. The van der Waals surface area contributed by atoms with E-state index in [0.717, 1.165) is 43.7 Å². The maximum absolute atomic E-state index is 10.4. The highest BCUT2D eigenvalue weighted by atomic mass is 16.3. The number of aryl methyl sites for hydroxylation is 1. The molecule has 2 aromatic heterocycles. The van der Waals surface area contributed by atoms with Crippen LogP contribution in [0.25, 0.3) is 10.9 Å². The molecule has 1 aliphatic heterocycles. The smallest absolute Gasteiger partial charge is 0.135 e. The van der Waals surface area contributed by atoms with Gasteiger partial charge in [0, 0.05) is 30.0 Å². The monoisotopic (exact) mass is 336 g/mol. The molecule has 3 heterocycles. The molecule has 0 aliphatic carbocycles. The van der Waals surface area contributed by atoms with Crippen molar-refractivity contribution in [1.29, 1.82) is 0 Å². The number of hydrogen-bond acceptors (Lipinski definition) is 4. The predicted octanol–water partition coefficient (Wildman–Crippen LogP) is 3.21. The summed E-state index contributed by atoms with van der Waals surface area (Å²) in [6.07, 6.45) is 4.98. The number of benzene rings is 1. The van der Waals surface area contributed by atoms with Crippen molar-refractivity contribution in [2.24, 2.45) is 5.92 Å². The number of aliphatic hydroxyl groups is 1. The Bertz CT molecular complexity index is 838. The molecule has 0 saturated carbocycles. The van der Waals surface area contributed by atoms with Crippen LogP contribution in [0.4, 0.5) is 0 Å². The van der Waals surface area contributed by atoms with Gasteiger partial charge in [-0.1, -0.05) is 12.1 Å². The summed E-state index contributed by atoms with van der Waals surface area (Å²) in [7, 11) is 0. The van der Waals surface area contributed by atoms with Gasteiger partial charge in [0.1, 0.15) is 11.9 Å². The van der Waals surface area contributed by atoms with E-state index in [1.54, 1.807) is 12.4 Å². The Labute approximate surface area is 147 Å². The van der Waals surface area contributed by atoms with Gasteiger partial charge in [-0.2, -0.15) is 0 Å². The van der Waals surface area contributed by atoms with Crippen LogP contribution in [-0.4, -0.2) is 38.0 Å². The second-order valence-corrected chi connectivity index (χ2v) is 7.01. The van der Waals surface area contributed by atoms with E-state index >= 15 is 0 Å². The lowest BCUT2D eigenvalue weighted by molar-refractivity contribution is 0.0515. The van der Waals surface area contributed by atoms with E-state index in [1.807, 2.05) is 6.92 Å². The van der Waals surface area contributed by atoms with Crippen molar-refractivity contribution in [2.45, 2.75) is 32.4 Å². The van der Waals surface area contributed by atoms with Crippen molar-refractivity contribution >= 4 is 10.9 Å². The van der Waals surface area contributed by atoms with Gasteiger partial charge in [-0.25, -0.2) is 4.98 Å². The number of hydrogen-bond donors (Lipinski definition) is 2. The molecule has 130 valence electrons. The third kappa shape index (κ3) is 3.57. The number of aliphatic hydroxyl groups excluding tert-OH is 1. The van der Waals surface area contributed by atoms with E-state index in [0.29, 0.717) is 5.82 Å². The lowest BCUT2D eigenvalue weighted by atomic mass is 9.90. The highest BCUT2D eigenvalue weighted by Gasteiger charge is 2.27. The van der Waals surface area contributed by atoms with E-state index in [1.165, 1.54) is 10.9 Å². The number of likely N-dealkylation sites (tertiary alicyclic amines) is 1. The Morgan fingerprint density at radius 1 is 1.24 bits per heavy atom. The molecule has 0 spiro atoms. The summed E-state index contributed by atoms with van der Waals surface area (Å²) in [5, 5.41) is 11.6. The Kier molecular flexibility index (Phi) is 4.51. The number of imidazole rings is 1. The molecule has 3 aromatic rings. The topological polar surface area (TPSA) is 65.0 Å². The van der Waals surface area contributed by atoms with Crippen LogP contribution in [0.5, 0.6) is 0 Å². The number of aromatic nitrogens is 3. The summed E-state index contributed by atoms with van der Waals surface area (Å²) in [4.78, 5) is 14.2. The number of rotatable bonds is 4. The number of piperidine rings is 1. The molecule has 1 unspecified atom stereocenters. The fourth-order valence-electron chi connectivity index (χ4n) is 3.72. The summed E-state index contributed by atoms with van der Waals surface area (Å²) in [5.74, 6) is 0.974. The first-order valence-electron chi connectivity index (χ1n) is 8.95. The molecule has 4 rings (SSSR count). The number of aromatic amines is 1. The standard InChI is InChI=1S/C20H24N4O/c1-14-2-4-17-12-15(3-5-18(17)23-14)13-24-10-6-16(7-11-24)19(25)20-21-8-9-22-20/h2-5,8-9,12,16,19,25H,6-7,10-11,13H2,1H3,(H,21,22). The van der Waals surface area contributed by atoms with Crippen LogP contribution in [0.3, 0.4) is 0 Å². The fourth-order valence-corrected chi connectivity index (χ4v) is 3.72. The lowest BCUT2D eigenvalue weighted by Gasteiger charge is -2.33. The molecule has 2 N–H and O–H groups in total. The first-order chi connectivity index (χ1) is 12.2. The molecule has 1 aliphatic rings. The zero-order chi connectivity index (χ0) is 17.2. The molecule has 5 heteroatoms. The molecule has 0 amide bonds. The van der Waals surface area contributed by atoms with Crippen LogP contribution >= 0.6 is 0 Å². The van der Waals surface area contributed by atoms with Crippen molar-refractivity contribution in [3.63, 3.8) is 0 Å². The van der Waals surface area contributed by atoms with Crippen molar-refractivity contribution < 1.29 is 5.11 Å². The normalized spacial score (nSPS) is 17.8. The Balaban J connectivity index is 1.37. The second-order valence-electron chi connectivity index (χ2n) is 7.01. The highest BCUT2D eigenvalue weighted by Crippen LogP contribution is 2.29. The minimum absolute atomic E-state index is 0.283. The number of pyridine rings is 1. The quantitative estimate of drug-likeness (QED) is 0.768. The van der Waals surface area contributed by atoms with E-state index < -0.39 is 6.10 Å². The maximum atomic E-state index is 10.4. The van der Waals surface area contributed by atoms with E-state index in [2.05, 4.69) is 50.2 Å². The molecule has 5 nitrogen and oxygen atoms in total. The third-order valence-corrected chi connectivity index (χ3v) is 5.18. The number of H-pyrrole nitrogens is 1. The van der Waals surface area contributed by atoms with Crippen LogP contribution in [0.2, 0.25) is 0 Å². The molecular weight excluding hydrogens is 312 g/mol. The van der Waals surface area contributed by atoms with Gasteiger partial charge in [0.2, 0.25) is 0 Å². The van der Waals surface area contributed by atoms with E-state index in [-0.39, 0.29) is 5.92 Å². The molecular formula is C20H24N4O. The Morgan fingerprint density at radius 2 is 2.08 bits per heavy atom. The van der Waals surface area contributed by atoms with Gasteiger partial charge < -0.3 is 10.1 Å². The summed E-state index contributed by atoms with van der Waals surface area (Å²) >= 11 is 0. The van der Waals surface area contributed by atoms with Gasteiger partial charge in [0.15, 0.2) is 0 Å². The highest BCUT2D eigenvalue weighted by molar-refractivity contribution is 5.79. The third-order valence-electron chi connectivity index (χ3n) is 5.18. The van der Waals surface area contributed by atoms with Crippen molar-refractivity contribution in [3.05, 3.63) is 59.8 Å². The van der Waals surface area contributed by atoms with Crippen LogP contribution in [0.15, 0.2) is 42.7 Å². The minimum atomic E-state index is -0.480. The van der Waals surface area contributed by atoms with Gasteiger partial charge in [0.05, 0.1) is 5.52 Å². The molecule has 0 bridgehead atoms. The van der Waals surface area contributed by atoms with Gasteiger partial charge in [0.25, 0.3) is 0 Å². The van der Waals surface area contributed by atoms with Gasteiger partial charge >= 0.3 is 0 Å². The molecule has 25 heavy (non-hydrogen) atoms. The van der Waals surface area contributed by atoms with E-state index in [9.17, 15) is 5.11 Å². The maximum Gasteiger partial charge on any atom is 0.135 e. The van der Waals surface area contributed by atoms with Crippen LogP contribution < -0.4 is 0 Å². The Morgan fingerprint density at radius 3 is 2.84 bits per heavy atom. The second kappa shape index (κ2) is 6.94. The molecule has 1 saturated heterocycles. The van der Waals surface area contributed by atoms with Crippen molar-refractivity contribution in [3.8, 4) is 0 Å². The van der Waals surface area contributed by atoms with Gasteiger partial charge in [-0.3, -0.25) is 9.88 Å². The van der Waals surface area contributed by atoms with E-state index in [4.69, 9.17) is 0 Å².